The summed E-state index contributed by atoms with van der Waals surface area (Å²) in [5.74, 6) is -1.62. The Bertz CT molecular complexity index is 2760. The minimum atomic E-state index is -4.47. The maximum Gasteiger partial charge on any atom is 0.514 e. The van der Waals surface area contributed by atoms with Crippen LogP contribution in [0.15, 0.2) is 48.5 Å². The SMILES string of the molecule is CC1(OC(=O)Oc2ccc([N+](=O)[O-])cc2)CCCC1.CCOc1cc(O[C@@H]2C[C@@H](C(=O)N[C@]3(C(=O)NS(=O)(=O)OC4(C)CC4)C[C@H]3CC)N(C(=O)[C@@H](NC(=O)OC3(C)CCCC3)C(C)(C)C)C2)c2cccc(Cl)c2n1. The molecule has 75 heavy (non-hydrogen) atoms. The molecule has 4 saturated carbocycles. The van der Waals surface area contributed by atoms with E-state index in [1.165, 1.54) is 29.2 Å². The number of benzene rings is 2. The molecule has 5 aliphatic rings. The first kappa shape index (κ1) is 56.7. The quantitative estimate of drug-likeness (QED) is 0.0493. The second-order valence-corrected chi connectivity index (χ2v) is 23.7. The molecule has 1 aliphatic heterocycles. The molecule has 8 rings (SSSR count). The monoisotopic (exact) mass is 1080 g/mol. The highest BCUT2D eigenvalue weighted by Crippen LogP contribution is 2.47. The Morgan fingerprint density at radius 2 is 1.53 bits per heavy atom. The third-order valence-corrected chi connectivity index (χ3v) is 16.0. The number of aromatic nitrogens is 1. The fraction of sp³-hybridized carbons (Fsp3) is 0.615. The van der Waals surface area contributed by atoms with Crippen molar-refractivity contribution in [2.75, 3.05) is 13.2 Å². The van der Waals surface area contributed by atoms with Gasteiger partial charge in [0.25, 0.3) is 11.6 Å². The predicted octanol–water partition coefficient (Wildman–Crippen LogP) is 8.77. The average Bonchev–Trinajstić information content (AvgIpc) is 3.97. The second-order valence-electron chi connectivity index (χ2n) is 22.1. The van der Waals surface area contributed by atoms with Crippen LogP contribution in [-0.2, 0) is 38.3 Å². The molecule has 0 bridgehead atoms. The van der Waals surface area contributed by atoms with E-state index in [1.54, 1.807) is 52.0 Å². The Balaban J connectivity index is 0.000000361. The highest BCUT2D eigenvalue weighted by Gasteiger charge is 2.62. The van der Waals surface area contributed by atoms with Gasteiger partial charge in [-0.25, -0.2) is 23.5 Å². The van der Waals surface area contributed by atoms with Crippen molar-refractivity contribution in [3.8, 4) is 17.4 Å². The van der Waals surface area contributed by atoms with Crippen LogP contribution in [0.3, 0.4) is 0 Å². The summed E-state index contributed by atoms with van der Waals surface area (Å²) in [6.07, 6.45) is 6.52. The summed E-state index contributed by atoms with van der Waals surface area (Å²) in [5, 5.41) is 17.1. The zero-order valence-corrected chi connectivity index (χ0v) is 45.4. The van der Waals surface area contributed by atoms with Crippen LogP contribution in [0.2, 0.25) is 5.02 Å². The Morgan fingerprint density at radius 1 is 0.907 bits per heavy atom. The van der Waals surface area contributed by atoms with Crippen LogP contribution in [0.4, 0.5) is 15.3 Å². The molecule has 410 valence electrons. The summed E-state index contributed by atoms with van der Waals surface area (Å²) in [6.45, 7) is 14.7. The number of hydrogen-bond donors (Lipinski definition) is 3. The number of nitro benzene ring substituents is 1. The summed E-state index contributed by atoms with van der Waals surface area (Å²) in [5.41, 5.74) is -3.94. The number of fused-ring (bicyclic) bond motifs is 1. The number of likely N-dealkylation sites (tertiary alicyclic amines) is 1. The van der Waals surface area contributed by atoms with Crippen LogP contribution < -0.4 is 29.6 Å². The molecule has 0 spiro atoms. The van der Waals surface area contributed by atoms with Gasteiger partial charge in [0, 0.05) is 30.0 Å². The molecule has 3 N–H and O–H groups in total. The summed E-state index contributed by atoms with van der Waals surface area (Å²) in [4.78, 5) is 83.7. The molecule has 1 aromatic heterocycles. The molecule has 1 saturated heterocycles. The molecule has 2 heterocycles. The van der Waals surface area contributed by atoms with Crippen LogP contribution in [-0.4, -0.2) is 107 Å². The van der Waals surface area contributed by atoms with Gasteiger partial charge in [-0.2, -0.15) is 8.42 Å². The van der Waals surface area contributed by atoms with Crippen LogP contribution in [0.25, 0.3) is 10.9 Å². The van der Waals surface area contributed by atoms with Gasteiger partial charge in [-0.15, -0.1) is 0 Å². The minimum Gasteiger partial charge on any atom is -0.488 e. The number of non-ortho nitro benzene ring substituents is 1. The lowest BCUT2D eigenvalue weighted by Gasteiger charge is -2.36. The fourth-order valence-electron chi connectivity index (χ4n) is 9.99. The molecule has 4 aliphatic carbocycles. The van der Waals surface area contributed by atoms with Gasteiger partial charge < -0.3 is 39.2 Å². The minimum absolute atomic E-state index is 0.000437. The predicted molar refractivity (Wildman–Crippen MR) is 274 cm³/mol. The van der Waals surface area contributed by atoms with Crippen LogP contribution in [0.5, 0.6) is 17.4 Å². The second kappa shape index (κ2) is 22.3. The van der Waals surface area contributed by atoms with E-state index in [2.05, 4.69) is 15.6 Å². The third-order valence-electron chi connectivity index (χ3n) is 14.6. The number of ether oxygens (including phenoxy) is 5. The first-order valence-electron chi connectivity index (χ1n) is 25.6. The maximum absolute atomic E-state index is 14.7. The van der Waals surface area contributed by atoms with Crippen LogP contribution in [0.1, 0.15) is 139 Å². The normalized spacial score (nSPS) is 23.4. The number of hydrogen-bond acceptors (Lipinski definition) is 16. The topological polar surface area (TPSA) is 270 Å². The van der Waals surface area contributed by atoms with E-state index in [0.29, 0.717) is 60.4 Å². The number of halogens is 1. The Morgan fingerprint density at radius 3 is 2.09 bits per heavy atom. The Labute approximate surface area is 442 Å². The molecule has 23 heteroatoms. The number of nitro groups is 1. The summed E-state index contributed by atoms with van der Waals surface area (Å²) in [7, 11) is -4.47. The van der Waals surface area contributed by atoms with Crippen molar-refractivity contribution in [1.82, 2.24) is 25.2 Å². The van der Waals surface area contributed by atoms with Crippen LogP contribution in [0, 0.1) is 21.4 Å². The Hall–Kier alpha value is -6.00. The number of carbonyl (C=O) groups is 5. The van der Waals surface area contributed by atoms with Gasteiger partial charge in [0.15, 0.2) is 0 Å². The van der Waals surface area contributed by atoms with Crippen LogP contribution >= 0.6 is 11.6 Å². The van der Waals surface area contributed by atoms with Crippen molar-refractivity contribution < 1.29 is 65.2 Å². The van der Waals surface area contributed by atoms with Gasteiger partial charge in [0.2, 0.25) is 17.7 Å². The largest absolute Gasteiger partial charge is 0.514 e. The van der Waals surface area contributed by atoms with Crippen molar-refractivity contribution in [2.24, 2.45) is 11.3 Å². The van der Waals surface area contributed by atoms with Crippen molar-refractivity contribution >= 4 is 68.5 Å². The summed E-state index contributed by atoms with van der Waals surface area (Å²) in [6, 6.07) is 9.87. The number of pyridine rings is 1. The number of alkyl carbamates (subject to hydrolysis) is 1. The smallest absolute Gasteiger partial charge is 0.488 e. The van der Waals surface area contributed by atoms with E-state index in [4.69, 9.17) is 39.5 Å². The summed E-state index contributed by atoms with van der Waals surface area (Å²) < 4.78 is 61.3. The van der Waals surface area contributed by atoms with Crippen molar-refractivity contribution in [1.29, 1.82) is 0 Å². The number of amides is 4. The lowest BCUT2D eigenvalue weighted by molar-refractivity contribution is -0.384. The standard InChI is InChI=1S/C39H54ClN5O10S.C13H15NO5/c1-8-23-21-39(23,34(48)44-56(50,51)55-38(7)17-18-38)43-32(46)27-19-24(53-28-20-29(52-9-2)41-30-25(28)13-12-14-26(30)40)22-45(27)33(47)31(36(3,4)5)42-35(49)54-37(6)15-10-11-16-37;1-13(8-2-3-9-13)19-12(15)18-11-6-4-10(5-7-11)14(16)17/h12-14,20,23-24,27,31H,8-11,15-19,21-22H2,1-7H3,(H,42,49)(H,43,46)(H,44,48);4-7H,2-3,8-9H2,1H3/t23-,24-,27+,31-,39-;/m1./s1. The van der Waals surface area contributed by atoms with E-state index < -0.39 is 91.1 Å². The fourth-order valence-corrected chi connectivity index (χ4v) is 11.4. The van der Waals surface area contributed by atoms with E-state index in [9.17, 15) is 42.5 Å². The molecule has 2 aromatic carbocycles. The van der Waals surface area contributed by atoms with Gasteiger partial charge in [-0.1, -0.05) is 51.8 Å². The molecular formula is C52H69ClN6O15S. The van der Waals surface area contributed by atoms with Crippen molar-refractivity contribution in [3.05, 3.63) is 63.7 Å². The highest BCUT2D eigenvalue weighted by molar-refractivity contribution is 7.85. The van der Waals surface area contributed by atoms with E-state index in [-0.39, 0.29) is 42.6 Å². The van der Waals surface area contributed by atoms with Crippen molar-refractivity contribution in [2.45, 2.75) is 179 Å². The number of rotatable bonds is 17. The number of carbonyl (C=O) groups excluding carboxylic acids is 5. The summed E-state index contributed by atoms with van der Waals surface area (Å²) >= 11 is 6.52. The molecular weight excluding hydrogens is 1020 g/mol. The molecule has 5 atom stereocenters. The third kappa shape index (κ3) is 14.1. The molecule has 4 amide bonds. The molecule has 3 aromatic rings. The van der Waals surface area contributed by atoms with E-state index >= 15 is 0 Å². The number of nitrogens with one attached hydrogen (secondary N) is 3. The highest BCUT2D eigenvalue weighted by atomic mass is 35.5. The first-order chi connectivity index (χ1) is 35.2. The maximum atomic E-state index is 14.7. The van der Waals surface area contributed by atoms with Gasteiger partial charge in [0.05, 0.1) is 34.2 Å². The molecule has 21 nitrogen and oxygen atoms in total. The average molecular weight is 1090 g/mol. The molecule has 0 unspecified atom stereocenters. The zero-order valence-electron chi connectivity index (χ0n) is 43.8. The Kier molecular flexibility index (Phi) is 16.9. The lowest BCUT2D eigenvalue weighted by atomic mass is 9.85. The zero-order chi connectivity index (χ0) is 54.7. The van der Waals surface area contributed by atoms with Gasteiger partial charge >= 0.3 is 22.6 Å². The lowest BCUT2D eigenvalue weighted by Crippen LogP contribution is -2.60. The van der Waals surface area contributed by atoms with Gasteiger partial charge in [0.1, 0.15) is 46.4 Å². The van der Waals surface area contributed by atoms with Crippen molar-refractivity contribution in [3.63, 3.8) is 0 Å². The molecule has 0 radical (unpaired) electrons. The molecule has 5 fully saturated rings. The van der Waals surface area contributed by atoms with E-state index in [1.807, 2.05) is 32.4 Å². The van der Waals surface area contributed by atoms with Gasteiger partial charge in [-0.05, 0) is 134 Å². The number of nitrogens with zero attached hydrogens (tertiary/aromatic N) is 3. The first-order valence-corrected chi connectivity index (χ1v) is 27.4. The van der Waals surface area contributed by atoms with E-state index in [0.717, 1.165) is 38.5 Å². The number of para-hydroxylation sites is 1. The van der Waals surface area contributed by atoms with Gasteiger partial charge in [-0.3, -0.25) is 24.5 Å².